The normalized spacial score (nSPS) is 14.7. The molecule has 0 aromatic heterocycles. The van der Waals surface area contributed by atoms with Gasteiger partial charge < -0.3 is 25.2 Å². The monoisotopic (exact) mass is 382 g/mol. The first-order valence-corrected chi connectivity index (χ1v) is 9.15. The van der Waals surface area contributed by atoms with Gasteiger partial charge in [-0.05, 0) is 58.4 Å². The van der Waals surface area contributed by atoms with Crippen LogP contribution in [-0.4, -0.2) is 48.1 Å². The number of allylic oxidation sites excluding steroid dienone is 3. The van der Waals surface area contributed by atoms with E-state index < -0.39 is 29.8 Å². The summed E-state index contributed by atoms with van der Waals surface area (Å²) in [5.74, 6) is -1.12. The molecule has 152 valence electrons. The Hall–Kier alpha value is -2.51. The van der Waals surface area contributed by atoms with E-state index in [4.69, 9.17) is 9.47 Å². The topological polar surface area (TPSA) is 114 Å². The van der Waals surface area contributed by atoms with E-state index in [1.54, 1.807) is 20.8 Å². The van der Waals surface area contributed by atoms with Crippen LogP contribution in [0.2, 0.25) is 0 Å². The van der Waals surface area contributed by atoms with Crippen LogP contribution in [0.15, 0.2) is 23.8 Å². The van der Waals surface area contributed by atoms with Crippen LogP contribution in [0.5, 0.6) is 0 Å². The van der Waals surface area contributed by atoms with Crippen molar-refractivity contribution in [2.45, 2.75) is 64.5 Å². The Kier molecular flexibility index (Phi) is 9.39. The fourth-order valence-corrected chi connectivity index (χ4v) is 2.35. The van der Waals surface area contributed by atoms with Gasteiger partial charge in [-0.15, -0.1) is 0 Å². The maximum absolute atomic E-state index is 11.7. The van der Waals surface area contributed by atoms with Crippen LogP contribution >= 0.6 is 0 Å². The highest BCUT2D eigenvalue weighted by atomic mass is 16.6. The summed E-state index contributed by atoms with van der Waals surface area (Å²) < 4.78 is 10.2. The molecule has 1 rings (SSSR count). The van der Waals surface area contributed by atoms with Gasteiger partial charge in [-0.1, -0.05) is 18.2 Å². The highest BCUT2D eigenvalue weighted by Gasteiger charge is 2.23. The summed E-state index contributed by atoms with van der Waals surface area (Å²) in [6.07, 6.45) is 7.88. The molecule has 1 atom stereocenters. The first-order valence-electron chi connectivity index (χ1n) is 9.15. The van der Waals surface area contributed by atoms with Gasteiger partial charge >= 0.3 is 18.2 Å². The number of carbonyl (C=O) groups is 3. The Morgan fingerprint density at radius 1 is 1.22 bits per heavy atom. The summed E-state index contributed by atoms with van der Waals surface area (Å²) in [7, 11) is 0. The minimum Gasteiger partial charge on any atom is -0.480 e. The van der Waals surface area contributed by atoms with Crippen LogP contribution in [-0.2, 0) is 14.3 Å². The third-order valence-corrected chi connectivity index (χ3v) is 3.67. The zero-order chi connectivity index (χ0) is 20.3. The molecule has 1 aliphatic rings. The smallest absolute Gasteiger partial charge is 0.408 e. The molecule has 0 radical (unpaired) electrons. The number of nitrogens with one attached hydrogen (secondary N) is 2. The van der Waals surface area contributed by atoms with Crippen LogP contribution in [0.25, 0.3) is 0 Å². The SMILES string of the molecule is CC(C)(C)OC(=O)N[C@@H](CCCCNC(=O)OCC1=CC=CCC1)C(=O)O. The molecule has 8 nitrogen and oxygen atoms in total. The second-order valence-corrected chi connectivity index (χ2v) is 7.33. The Morgan fingerprint density at radius 3 is 2.56 bits per heavy atom. The van der Waals surface area contributed by atoms with Gasteiger partial charge in [0.2, 0.25) is 0 Å². The molecular weight excluding hydrogens is 352 g/mol. The van der Waals surface area contributed by atoms with E-state index in [9.17, 15) is 19.5 Å². The molecule has 0 heterocycles. The van der Waals surface area contributed by atoms with Gasteiger partial charge in [-0.25, -0.2) is 14.4 Å². The molecule has 8 heteroatoms. The summed E-state index contributed by atoms with van der Waals surface area (Å²) in [5, 5.41) is 14.2. The van der Waals surface area contributed by atoms with E-state index in [2.05, 4.69) is 16.7 Å². The minimum absolute atomic E-state index is 0.241. The van der Waals surface area contributed by atoms with Gasteiger partial charge in [0, 0.05) is 6.54 Å². The lowest BCUT2D eigenvalue weighted by atomic mass is 10.1. The van der Waals surface area contributed by atoms with Crippen molar-refractivity contribution in [1.82, 2.24) is 10.6 Å². The first-order chi connectivity index (χ1) is 12.7. The van der Waals surface area contributed by atoms with Gasteiger partial charge in [0.05, 0.1) is 0 Å². The van der Waals surface area contributed by atoms with Crippen LogP contribution in [0.4, 0.5) is 9.59 Å². The second-order valence-electron chi connectivity index (χ2n) is 7.33. The minimum atomic E-state index is -1.12. The second kappa shape index (κ2) is 11.3. The lowest BCUT2D eigenvalue weighted by molar-refractivity contribution is -0.139. The average Bonchev–Trinajstić information content (AvgIpc) is 2.57. The van der Waals surface area contributed by atoms with Gasteiger partial charge in [0.15, 0.2) is 0 Å². The van der Waals surface area contributed by atoms with Gasteiger partial charge in [0.1, 0.15) is 18.2 Å². The summed E-state index contributed by atoms with van der Waals surface area (Å²) >= 11 is 0. The van der Waals surface area contributed by atoms with Gasteiger partial charge in [0.25, 0.3) is 0 Å². The number of carboxylic acids is 1. The Labute approximate surface area is 160 Å². The standard InChI is InChI=1S/C19H30N2O6/c1-19(2,3)27-18(25)21-15(16(22)23)11-7-8-12-20-17(24)26-13-14-9-5-4-6-10-14/h4-5,9,15H,6-8,10-13H2,1-3H3,(H,20,24)(H,21,25)(H,22,23)/t15-/m0/s1. The number of ether oxygens (including phenoxy) is 2. The molecule has 0 saturated carbocycles. The molecule has 0 aromatic rings. The van der Waals surface area contributed by atoms with Crippen molar-refractivity contribution in [1.29, 1.82) is 0 Å². The van der Waals surface area contributed by atoms with Crippen LogP contribution < -0.4 is 10.6 Å². The van der Waals surface area contributed by atoms with Gasteiger partial charge in [-0.2, -0.15) is 0 Å². The van der Waals surface area contributed by atoms with Crippen molar-refractivity contribution in [3.05, 3.63) is 23.8 Å². The molecule has 0 fully saturated rings. The van der Waals surface area contributed by atoms with Crippen molar-refractivity contribution in [3.63, 3.8) is 0 Å². The molecule has 1 aliphatic carbocycles. The number of alkyl carbamates (subject to hydrolysis) is 2. The highest BCUT2D eigenvalue weighted by molar-refractivity contribution is 5.79. The van der Waals surface area contributed by atoms with Crippen LogP contribution in [0.1, 0.15) is 52.9 Å². The largest absolute Gasteiger partial charge is 0.480 e. The number of carbonyl (C=O) groups excluding carboxylic acids is 2. The number of amides is 2. The zero-order valence-electron chi connectivity index (χ0n) is 16.2. The van der Waals surface area contributed by atoms with E-state index in [1.165, 1.54) is 0 Å². The van der Waals surface area contributed by atoms with Crippen LogP contribution in [0, 0.1) is 0 Å². The number of hydrogen-bond acceptors (Lipinski definition) is 5. The molecule has 3 N–H and O–H groups in total. The third kappa shape index (κ3) is 10.9. The van der Waals surface area contributed by atoms with Gasteiger partial charge in [-0.3, -0.25) is 0 Å². The van der Waals surface area contributed by atoms with E-state index in [0.717, 1.165) is 18.4 Å². The predicted molar refractivity (Wildman–Crippen MR) is 100 cm³/mol. The zero-order valence-corrected chi connectivity index (χ0v) is 16.2. The quantitative estimate of drug-likeness (QED) is 0.528. The number of rotatable bonds is 9. The van der Waals surface area contributed by atoms with Crippen LogP contribution in [0.3, 0.4) is 0 Å². The number of unbranched alkanes of at least 4 members (excludes halogenated alkanes) is 1. The predicted octanol–water partition coefficient (Wildman–Crippen LogP) is 3.14. The summed E-state index contributed by atoms with van der Waals surface area (Å²) in [4.78, 5) is 34.5. The summed E-state index contributed by atoms with van der Waals surface area (Å²) in [6, 6.07) is -1.03. The Bertz CT molecular complexity index is 577. The van der Waals surface area contributed by atoms with Crippen molar-refractivity contribution < 1.29 is 29.0 Å². The number of hydrogen-bond donors (Lipinski definition) is 3. The number of carboxylic acid groups (broad SMARTS) is 1. The van der Waals surface area contributed by atoms with E-state index in [-0.39, 0.29) is 13.0 Å². The lowest BCUT2D eigenvalue weighted by Gasteiger charge is -2.22. The Morgan fingerprint density at radius 2 is 1.96 bits per heavy atom. The number of aliphatic carboxylic acids is 1. The van der Waals surface area contributed by atoms with E-state index >= 15 is 0 Å². The molecular formula is C19H30N2O6. The fourth-order valence-electron chi connectivity index (χ4n) is 2.35. The lowest BCUT2D eigenvalue weighted by Crippen LogP contribution is -2.43. The van der Waals surface area contributed by atoms with Crippen molar-refractivity contribution in [2.24, 2.45) is 0 Å². The molecule has 0 spiro atoms. The molecule has 2 amide bonds. The first kappa shape index (κ1) is 22.5. The fraction of sp³-hybridized carbons (Fsp3) is 0.632. The maximum atomic E-state index is 11.7. The molecule has 0 unspecified atom stereocenters. The molecule has 0 aromatic carbocycles. The third-order valence-electron chi connectivity index (χ3n) is 3.67. The molecule has 27 heavy (non-hydrogen) atoms. The van der Waals surface area contributed by atoms with Crippen molar-refractivity contribution in [2.75, 3.05) is 13.2 Å². The van der Waals surface area contributed by atoms with E-state index in [0.29, 0.717) is 19.4 Å². The van der Waals surface area contributed by atoms with E-state index in [1.807, 2.05) is 12.2 Å². The van der Waals surface area contributed by atoms with Crippen molar-refractivity contribution >= 4 is 18.2 Å². The average molecular weight is 382 g/mol. The Balaban J connectivity index is 2.19. The molecule has 0 aliphatic heterocycles. The van der Waals surface area contributed by atoms with Crippen molar-refractivity contribution in [3.8, 4) is 0 Å². The molecule has 0 saturated heterocycles. The summed E-state index contributed by atoms with van der Waals surface area (Å²) in [6.45, 7) is 5.76. The maximum Gasteiger partial charge on any atom is 0.408 e. The summed E-state index contributed by atoms with van der Waals surface area (Å²) in [5.41, 5.74) is 0.381. The highest BCUT2D eigenvalue weighted by Crippen LogP contribution is 2.12. The molecule has 0 bridgehead atoms.